The minimum Gasteiger partial charge on any atom is -0.479 e. The van der Waals surface area contributed by atoms with Crippen LogP contribution in [-0.2, 0) is 14.3 Å². The fourth-order valence-corrected chi connectivity index (χ4v) is 8.78. The zero-order chi connectivity index (χ0) is 25.8. The second kappa shape index (κ2) is 12.0. The average molecular weight is 544 g/mol. The molecule has 6 nitrogen and oxygen atoms in total. The highest BCUT2D eigenvalue weighted by atomic mass is 32.1. The first-order chi connectivity index (χ1) is 18.1. The Morgan fingerprint density at radius 2 is 1.65 bits per heavy atom. The Morgan fingerprint density at radius 1 is 0.973 bits per heavy atom. The van der Waals surface area contributed by atoms with Crippen LogP contribution in [0, 0.1) is 11.8 Å². The fraction of sp³-hybridized carbons (Fsp3) is 0.586. The van der Waals surface area contributed by atoms with Gasteiger partial charge in [-0.3, -0.25) is 0 Å². The number of carbonyl (C=O) groups is 2. The van der Waals surface area contributed by atoms with E-state index < -0.39 is 11.9 Å². The maximum atomic E-state index is 12.5. The maximum Gasteiger partial charge on any atom is 0.351 e. The van der Waals surface area contributed by atoms with Gasteiger partial charge in [0.2, 0.25) is 0 Å². The van der Waals surface area contributed by atoms with Crippen molar-refractivity contribution in [2.24, 2.45) is 11.8 Å². The molecule has 1 aromatic carbocycles. The Labute approximate surface area is 226 Å². The summed E-state index contributed by atoms with van der Waals surface area (Å²) >= 11 is 2.96. The average Bonchev–Trinajstić information content (AvgIpc) is 3.47. The molecule has 0 unspecified atom stereocenters. The van der Waals surface area contributed by atoms with E-state index in [1.54, 1.807) is 18.3 Å². The van der Waals surface area contributed by atoms with Gasteiger partial charge in [0.15, 0.2) is 17.2 Å². The molecule has 0 atom stereocenters. The standard InChI is InChI=1S/C29H37NO5S2/c1-3-34-23(31)17-35-25-27-26(37-28(25)29(32)33-2)21-15-14-20(16-22(21)36-27)30-24(18-10-6-4-7-11-18)19-12-8-5-9-13-19/h14-16,18-19,24,30H,3-13,17H2,1-2H3. The molecule has 0 spiro atoms. The SMILES string of the molecule is CCOC(=O)COc1c(C(=O)OC)sc2c1sc1cc(NC(C3CCCCC3)C3CCCCC3)ccc12. The monoisotopic (exact) mass is 543 g/mol. The van der Waals surface area contributed by atoms with Crippen LogP contribution in [-0.4, -0.2) is 38.3 Å². The van der Waals surface area contributed by atoms with Gasteiger partial charge in [-0.15, -0.1) is 22.7 Å². The summed E-state index contributed by atoms with van der Waals surface area (Å²) in [6.07, 6.45) is 13.5. The molecule has 0 bridgehead atoms. The van der Waals surface area contributed by atoms with E-state index in [-0.39, 0.29) is 13.2 Å². The number of benzene rings is 1. The van der Waals surface area contributed by atoms with E-state index in [1.807, 2.05) is 0 Å². The van der Waals surface area contributed by atoms with Gasteiger partial charge in [-0.1, -0.05) is 44.6 Å². The Bertz CT molecular complexity index is 1220. The van der Waals surface area contributed by atoms with Gasteiger partial charge in [0, 0.05) is 21.8 Å². The van der Waals surface area contributed by atoms with Gasteiger partial charge in [-0.25, -0.2) is 9.59 Å². The van der Waals surface area contributed by atoms with E-state index in [2.05, 4.69) is 23.5 Å². The Kier molecular flexibility index (Phi) is 8.55. The summed E-state index contributed by atoms with van der Waals surface area (Å²) in [6.45, 7) is 1.80. The third-order valence-electron chi connectivity index (χ3n) is 7.92. The molecule has 0 radical (unpaired) electrons. The molecule has 3 aromatic rings. The summed E-state index contributed by atoms with van der Waals surface area (Å²) in [4.78, 5) is 24.8. The van der Waals surface area contributed by atoms with Crippen LogP contribution < -0.4 is 10.1 Å². The van der Waals surface area contributed by atoms with Crippen LogP contribution in [0.25, 0.3) is 19.5 Å². The van der Waals surface area contributed by atoms with Crippen molar-refractivity contribution in [2.45, 2.75) is 77.2 Å². The van der Waals surface area contributed by atoms with E-state index >= 15 is 0 Å². The summed E-state index contributed by atoms with van der Waals surface area (Å²) in [5, 5.41) is 5.09. The number of carbonyl (C=O) groups excluding carboxylic acids is 2. The molecule has 37 heavy (non-hydrogen) atoms. The van der Waals surface area contributed by atoms with Crippen molar-refractivity contribution in [1.82, 2.24) is 0 Å². The number of esters is 2. The van der Waals surface area contributed by atoms with Gasteiger partial charge in [-0.2, -0.15) is 0 Å². The molecular weight excluding hydrogens is 506 g/mol. The number of thiophene rings is 2. The molecule has 1 N–H and O–H groups in total. The summed E-state index contributed by atoms with van der Waals surface area (Å²) in [5.41, 5.74) is 1.17. The molecule has 0 amide bonds. The quantitative estimate of drug-likeness (QED) is 0.278. The van der Waals surface area contributed by atoms with Crippen molar-refractivity contribution in [3.8, 4) is 5.75 Å². The first kappa shape index (κ1) is 26.3. The number of hydrogen-bond acceptors (Lipinski definition) is 8. The van der Waals surface area contributed by atoms with Crippen LogP contribution in [0.15, 0.2) is 18.2 Å². The van der Waals surface area contributed by atoms with Crippen molar-refractivity contribution in [3.05, 3.63) is 23.1 Å². The number of hydrogen-bond donors (Lipinski definition) is 1. The van der Waals surface area contributed by atoms with E-state index in [1.165, 1.54) is 88.3 Å². The molecule has 0 aliphatic heterocycles. The number of nitrogens with one attached hydrogen (secondary N) is 1. The second-order valence-electron chi connectivity index (χ2n) is 10.3. The lowest BCUT2D eigenvalue weighted by atomic mass is 9.73. The van der Waals surface area contributed by atoms with Crippen molar-refractivity contribution >= 4 is 59.8 Å². The molecule has 2 aliphatic rings. The van der Waals surface area contributed by atoms with Crippen molar-refractivity contribution in [2.75, 3.05) is 25.6 Å². The first-order valence-corrected chi connectivity index (χ1v) is 15.3. The van der Waals surface area contributed by atoms with Gasteiger partial charge in [0.05, 0.1) is 23.1 Å². The zero-order valence-corrected chi connectivity index (χ0v) is 23.4. The molecule has 2 aromatic heterocycles. The smallest absolute Gasteiger partial charge is 0.351 e. The number of rotatable bonds is 9. The van der Waals surface area contributed by atoms with Crippen LogP contribution in [0.3, 0.4) is 0 Å². The molecule has 2 fully saturated rings. The molecule has 2 heterocycles. The summed E-state index contributed by atoms with van der Waals surface area (Å²) in [7, 11) is 1.36. The molecule has 8 heteroatoms. The second-order valence-corrected chi connectivity index (χ2v) is 12.4. The van der Waals surface area contributed by atoms with E-state index in [9.17, 15) is 9.59 Å². The summed E-state index contributed by atoms with van der Waals surface area (Å²) in [6, 6.07) is 7.12. The third kappa shape index (κ3) is 5.75. The normalized spacial score (nSPS) is 17.4. The van der Waals surface area contributed by atoms with Crippen molar-refractivity contribution in [3.63, 3.8) is 0 Å². The summed E-state index contributed by atoms with van der Waals surface area (Å²) < 4.78 is 18.8. The van der Waals surface area contributed by atoms with E-state index in [0.29, 0.717) is 16.7 Å². The Balaban J connectivity index is 1.45. The lowest BCUT2D eigenvalue weighted by molar-refractivity contribution is -0.145. The van der Waals surface area contributed by atoms with Crippen molar-refractivity contribution < 1.29 is 23.8 Å². The van der Waals surface area contributed by atoms with Gasteiger partial charge < -0.3 is 19.5 Å². The molecule has 2 saturated carbocycles. The lowest BCUT2D eigenvalue weighted by Crippen LogP contribution is -2.38. The van der Waals surface area contributed by atoms with Crippen LogP contribution >= 0.6 is 22.7 Å². The van der Waals surface area contributed by atoms with Gasteiger partial charge in [0.1, 0.15) is 0 Å². The van der Waals surface area contributed by atoms with Gasteiger partial charge in [0.25, 0.3) is 0 Å². The number of fused-ring (bicyclic) bond motifs is 3. The topological polar surface area (TPSA) is 73.9 Å². The van der Waals surface area contributed by atoms with E-state index in [0.717, 1.165) is 31.3 Å². The van der Waals surface area contributed by atoms with Crippen LogP contribution in [0.5, 0.6) is 5.75 Å². The predicted octanol–water partition coefficient (Wildman–Crippen LogP) is 7.79. The molecule has 0 saturated heterocycles. The minimum atomic E-state index is -0.457. The molecule has 200 valence electrons. The van der Waals surface area contributed by atoms with Crippen LogP contribution in [0.1, 0.15) is 80.8 Å². The van der Waals surface area contributed by atoms with Gasteiger partial charge in [-0.05, 0) is 56.6 Å². The van der Waals surface area contributed by atoms with Gasteiger partial charge >= 0.3 is 11.9 Å². The lowest BCUT2D eigenvalue weighted by Gasteiger charge is -2.39. The molecular formula is C29H37NO5S2. The maximum absolute atomic E-state index is 12.5. The highest BCUT2D eigenvalue weighted by molar-refractivity contribution is 7.34. The zero-order valence-electron chi connectivity index (χ0n) is 21.8. The predicted molar refractivity (Wildman–Crippen MR) is 151 cm³/mol. The minimum absolute atomic E-state index is 0.241. The van der Waals surface area contributed by atoms with Crippen LogP contribution in [0.2, 0.25) is 0 Å². The largest absolute Gasteiger partial charge is 0.479 e. The number of ether oxygens (including phenoxy) is 3. The molecule has 5 rings (SSSR count). The number of anilines is 1. The van der Waals surface area contributed by atoms with Crippen LogP contribution in [0.4, 0.5) is 5.69 Å². The Morgan fingerprint density at radius 3 is 2.27 bits per heavy atom. The Hall–Kier alpha value is -2.32. The fourth-order valence-electron chi connectivity index (χ4n) is 6.16. The molecule has 2 aliphatic carbocycles. The first-order valence-electron chi connectivity index (χ1n) is 13.7. The number of methoxy groups -OCH3 is 1. The van der Waals surface area contributed by atoms with E-state index in [4.69, 9.17) is 14.2 Å². The third-order valence-corrected chi connectivity index (χ3v) is 10.4. The highest BCUT2D eigenvalue weighted by Crippen LogP contribution is 2.48. The highest BCUT2D eigenvalue weighted by Gasteiger charge is 2.32. The summed E-state index contributed by atoms with van der Waals surface area (Å²) in [5.74, 6) is 1.01. The van der Waals surface area contributed by atoms with Crippen molar-refractivity contribution in [1.29, 1.82) is 0 Å².